The number of carboxylic acids is 1. The molecule has 3 aromatic rings. The van der Waals surface area contributed by atoms with Gasteiger partial charge in [0.1, 0.15) is 11.4 Å². The van der Waals surface area contributed by atoms with E-state index >= 15 is 0 Å². The molecule has 1 saturated heterocycles. The van der Waals surface area contributed by atoms with E-state index in [2.05, 4.69) is 10.1 Å². The van der Waals surface area contributed by atoms with Crippen molar-refractivity contribution in [2.24, 2.45) is 5.16 Å². The lowest BCUT2D eigenvalue weighted by atomic mass is 9.85. The molecule has 1 fully saturated rings. The normalized spacial score (nSPS) is 17.3. The topological polar surface area (TPSA) is 62.1 Å². The highest BCUT2D eigenvalue weighted by Crippen LogP contribution is 2.38. The maximum Gasteiger partial charge on any atom is 0.335 e. The lowest BCUT2D eigenvalue weighted by molar-refractivity contribution is -0.0627. The lowest BCUT2D eigenvalue weighted by Crippen LogP contribution is -2.44. The highest BCUT2D eigenvalue weighted by Gasteiger charge is 2.42. The Morgan fingerprint density at radius 3 is 2.20 bits per heavy atom. The van der Waals surface area contributed by atoms with Crippen molar-refractivity contribution in [3.05, 3.63) is 93.2 Å². The van der Waals surface area contributed by atoms with E-state index < -0.39 is 5.97 Å². The highest BCUT2D eigenvalue weighted by atomic mass is 35.5. The zero-order valence-electron chi connectivity index (χ0n) is 18.8. The van der Waals surface area contributed by atoms with E-state index in [9.17, 15) is 9.18 Å². The van der Waals surface area contributed by atoms with Crippen molar-refractivity contribution in [1.29, 1.82) is 0 Å². The third-order valence-corrected chi connectivity index (χ3v) is 7.31. The summed E-state index contributed by atoms with van der Waals surface area (Å²) in [6.07, 6.45) is 2.38. The maximum absolute atomic E-state index is 13.3. The van der Waals surface area contributed by atoms with E-state index in [-0.39, 0.29) is 17.0 Å². The van der Waals surface area contributed by atoms with Crippen LogP contribution in [0.15, 0.2) is 65.8 Å². The molecular weight excluding hydrogens is 490 g/mol. The first-order chi connectivity index (χ1) is 16.8. The summed E-state index contributed by atoms with van der Waals surface area (Å²) in [6.45, 7) is 2.40. The molecule has 0 amide bonds. The number of piperidine rings is 1. The van der Waals surface area contributed by atoms with Gasteiger partial charge in [-0.1, -0.05) is 52.6 Å². The molecule has 5 rings (SSSR count). The van der Waals surface area contributed by atoms with Crippen molar-refractivity contribution in [1.82, 2.24) is 4.90 Å². The van der Waals surface area contributed by atoms with Crippen LogP contribution in [0.4, 0.5) is 4.39 Å². The molecule has 2 heterocycles. The zero-order chi connectivity index (χ0) is 24.6. The summed E-state index contributed by atoms with van der Waals surface area (Å²) < 4.78 is 13.3. The quantitative estimate of drug-likeness (QED) is 0.415. The number of aromatic carboxylic acids is 1. The minimum atomic E-state index is -0.947. The third-order valence-electron chi connectivity index (χ3n) is 6.71. The number of carboxylic acid groups (broad SMARTS) is 1. The number of likely N-dealkylation sites (tertiary alicyclic amines) is 1. The number of benzene rings is 3. The lowest BCUT2D eigenvalue weighted by Gasteiger charge is -2.37. The minimum absolute atomic E-state index is 0.252. The monoisotopic (exact) mass is 512 g/mol. The van der Waals surface area contributed by atoms with E-state index in [4.69, 9.17) is 33.1 Å². The summed E-state index contributed by atoms with van der Waals surface area (Å²) in [4.78, 5) is 19.3. The Bertz CT molecular complexity index is 1260. The molecule has 0 unspecified atom stereocenters. The first-order valence-electron chi connectivity index (χ1n) is 11.4. The average Bonchev–Trinajstić information content (AvgIpc) is 3.25. The van der Waals surface area contributed by atoms with Crippen LogP contribution < -0.4 is 0 Å². The fourth-order valence-corrected chi connectivity index (χ4v) is 5.49. The van der Waals surface area contributed by atoms with Gasteiger partial charge < -0.3 is 9.94 Å². The fourth-order valence-electron chi connectivity index (χ4n) is 4.74. The summed E-state index contributed by atoms with van der Waals surface area (Å²) in [7, 11) is 0. The van der Waals surface area contributed by atoms with Crippen LogP contribution in [-0.4, -0.2) is 40.4 Å². The summed E-state index contributed by atoms with van der Waals surface area (Å²) in [5.41, 5.74) is 4.17. The summed E-state index contributed by atoms with van der Waals surface area (Å²) in [5, 5.41) is 14.5. The van der Waals surface area contributed by atoms with Gasteiger partial charge in [-0.25, -0.2) is 9.18 Å². The molecule has 2 aliphatic rings. The fraction of sp³-hybridized carbons (Fsp3) is 0.259. The highest BCUT2D eigenvalue weighted by molar-refractivity contribution is 6.39. The number of rotatable bonds is 5. The van der Waals surface area contributed by atoms with Gasteiger partial charge in [0.15, 0.2) is 0 Å². The molecule has 0 aromatic heterocycles. The average molecular weight is 513 g/mol. The number of hydrogen-bond donors (Lipinski definition) is 1. The van der Waals surface area contributed by atoms with E-state index in [1.807, 2.05) is 12.1 Å². The molecule has 2 aliphatic heterocycles. The number of hydrogen-bond acceptors (Lipinski definition) is 4. The smallest absolute Gasteiger partial charge is 0.335 e. The van der Waals surface area contributed by atoms with Crippen molar-refractivity contribution in [3.8, 4) is 11.1 Å². The maximum atomic E-state index is 13.3. The van der Waals surface area contributed by atoms with Crippen LogP contribution in [-0.2, 0) is 11.4 Å². The summed E-state index contributed by atoms with van der Waals surface area (Å²) >= 11 is 13.1. The Hall–Kier alpha value is -2.93. The van der Waals surface area contributed by atoms with E-state index in [1.54, 1.807) is 36.4 Å². The van der Waals surface area contributed by atoms with Gasteiger partial charge in [-0.3, -0.25) is 4.90 Å². The van der Waals surface area contributed by atoms with Crippen LogP contribution >= 0.6 is 23.2 Å². The Morgan fingerprint density at radius 2 is 1.60 bits per heavy atom. The van der Waals surface area contributed by atoms with Crippen LogP contribution in [0.5, 0.6) is 0 Å². The Kier molecular flexibility index (Phi) is 6.53. The molecule has 0 radical (unpaired) electrons. The molecule has 1 spiro atoms. The predicted octanol–water partition coefficient (Wildman–Crippen LogP) is 6.66. The Morgan fingerprint density at radius 1 is 1.00 bits per heavy atom. The van der Waals surface area contributed by atoms with Crippen LogP contribution in [0.1, 0.15) is 40.7 Å². The van der Waals surface area contributed by atoms with Crippen molar-refractivity contribution >= 4 is 34.9 Å². The second-order valence-electron chi connectivity index (χ2n) is 9.09. The van der Waals surface area contributed by atoms with E-state index in [0.29, 0.717) is 28.6 Å². The molecule has 8 heteroatoms. The van der Waals surface area contributed by atoms with Gasteiger partial charge in [-0.2, -0.15) is 0 Å². The van der Waals surface area contributed by atoms with Crippen molar-refractivity contribution in [3.63, 3.8) is 0 Å². The predicted molar refractivity (Wildman–Crippen MR) is 135 cm³/mol. The van der Waals surface area contributed by atoms with Crippen molar-refractivity contribution in [2.45, 2.75) is 31.4 Å². The molecule has 3 aromatic carbocycles. The summed E-state index contributed by atoms with van der Waals surface area (Å²) in [5.74, 6) is -1.25. The number of oxime groups is 1. The Labute approximate surface area is 212 Å². The van der Waals surface area contributed by atoms with Crippen LogP contribution in [0.25, 0.3) is 11.1 Å². The molecule has 0 atom stereocenters. The standard InChI is InChI=1S/C27H23Cl2FN2O3/c28-22-13-17(14-23(29)25(22)19-5-7-21(30)8-6-19)16-32-11-9-27(10-12-32)15-24(31-35-27)18-1-3-20(4-2-18)26(33)34/h1-8,13-14H,9-12,15-16H2,(H,33,34). The second kappa shape index (κ2) is 9.61. The largest absolute Gasteiger partial charge is 0.478 e. The molecule has 180 valence electrons. The van der Waals surface area contributed by atoms with Gasteiger partial charge in [0.05, 0.1) is 21.3 Å². The first kappa shape index (κ1) is 23.8. The molecule has 5 nitrogen and oxygen atoms in total. The van der Waals surface area contributed by atoms with Gasteiger partial charge in [-0.05, 0) is 53.1 Å². The zero-order valence-corrected chi connectivity index (χ0v) is 20.3. The summed E-state index contributed by atoms with van der Waals surface area (Å²) in [6, 6.07) is 16.7. The minimum Gasteiger partial charge on any atom is -0.478 e. The van der Waals surface area contributed by atoms with Crippen LogP contribution in [0.3, 0.4) is 0 Å². The first-order valence-corrected chi connectivity index (χ1v) is 12.1. The molecular formula is C27H23Cl2FN2O3. The van der Waals surface area contributed by atoms with Gasteiger partial charge in [0, 0.05) is 44.5 Å². The number of carbonyl (C=O) groups is 1. The van der Waals surface area contributed by atoms with Gasteiger partial charge >= 0.3 is 5.97 Å². The van der Waals surface area contributed by atoms with E-state index in [1.165, 1.54) is 12.1 Å². The Balaban J connectivity index is 1.21. The molecule has 0 bridgehead atoms. The number of halogens is 3. The van der Waals surface area contributed by atoms with Crippen LogP contribution in [0.2, 0.25) is 10.0 Å². The van der Waals surface area contributed by atoms with E-state index in [0.717, 1.165) is 48.3 Å². The van der Waals surface area contributed by atoms with Gasteiger partial charge in [0.2, 0.25) is 0 Å². The SMILES string of the molecule is O=C(O)c1ccc(C2=NOC3(CCN(Cc4cc(Cl)c(-c5ccc(F)cc5)c(Cl)c4)CC3)C2)cc1. The second-order valence-corrected chi connectivity index (χ2v) is 9.90. The molecule has 35 heavy (non-hydrogen) atoms. The number of nitrogens with zero attached hydrogens (tertiary/aromatic N) is 2. The van der Waals surface area contributed by atoms with Crippen LogP contribution in [0, 0.1) is 5.82 Å². The van der Waals surface area contributed by atoms with Gasteiger partial charge in [-0.15, -0.1) is 0 Å². The third kappa shape index (κ3) is 5.06. The molecule has 1 N–H and O–H groups in total. The van der Waals surface area contributed by atoms with Crippen molar-refractivity contribution in [2.75, 3.05) is 13.1 Å². The molecule has 0 aliphatic carbocycles. The van der Waals surface area contributed by atoms with Gasteiger partial charge in [0.25, 0.3) is 0 Å². The van der Waals surface area contributed by atoms with Crippen molar-refractivity contribution < 1.29 is 19.1 Å². The molecule has 0 saturated carbocycles.